The highest BCUT2D eigenvalue weighted by molar-refractivity contribution is 5.50. The Morgan fingerprint density at radius 1 is 1.44 bits per heavy atom. The zero-order chi connectivity index (χ0) is 11.3. The highest BCUT2D eigenvalue weighted by Gasteiger charge is 2.36. The van der Waals surface area contributed by atoms with Crippen LogP contribution in [0.15, 0.2) is 12.4 Å². The van der Waals surface area contributed by atoms with Gasteiger partial charge < -0.3 is 10.6 Å². The highest BCUT2D eigenvalue weighted by Crippen LogP contribution is 2.25. The van der Waals surface area contributed by atoms with E-state index in [1.807, 2.05) is 13.0 Å². The van der Waals surface area contributed by atoms with Gasteiger partial charge in [-0.3, -0.25) is 0 Å². The van der Waals surface area contributed by atoms with Crippen molar-refractivity contribution in [2.24, 2.45) is 5.73 Å². The third-order valence-corrected chi connectivity index (χ3v) is 2.79. The standard InChI is InChI=1S/C10H14N6/c1-7-3-8(15-4-10(2,11)5-15)16-9(14-7)12-6-13-16/h3,6H,4-5,11H2,1-2H3. The van der Waals surface area contributed by atoms with E-state index >= 15 is 0 Å². The molecule has 2 aromatic heterocycles. The molecule has 0 bridgehead atoms. The molecule has 16 heavy (non-hydrogen) atoms. The Kier molecular flexibility index (Phi) is 1.74. The fourth-order valence-electron chi connectivity index (χ4n) is 2.12. The maximum Gasteiger partial charge on any atom is 0.254 e. The van der Waals surface area contributed by atoms with E-state index in [0.29, 0.717) is 5.78 Å². The van der Waals surface area contributed by atoms with Crippen molar-refractivity contribution in [3.8, 4) is 0 Å². The first-order chi connectivity index (χ1) is 7.55. The van der Waals surface area contributed by atoms with Crippen molar-refractivity contribution in [1.29, 1.82) is 0 Å². The Balaban J connectivity index is 2.06. The molecule has 84 valence electrons. The van der Waals surface area contributed by atoms with E-state index in [0.717, 1.165) is 24.6 Å². The van der Waals surface area contributed by atoms with E-state index in [1.165, 1.54) is 6.33 Å². The molecular weight excluding hydrogens is 204 g/mol. The molecule has 3 heterocycles. The zero-order valence-corrected chi connectivity index (χ0v) is 9.38. The predicted molar refractivity (Wildman–Crippen MR) is 60.3 cm³/mol. The normalized spacial score (nSPS) is 18.8. The Bertz CT molecular complexity index is 535. The summed E-state index contributed by atoms with van der Waals surface area (Å²) >= 11 is 0. The minimum atomic E-state index is -0.0932. The van der Waals surface area contributed by atoms with Crippen LogP contribution in [0.2, 0.25) is 0 Å². The lowest BCUT2D eigenvalue weighted by Crippen LogP contribution is -2.66. The van der Waals surface area contributed by atoms with Crippen LogP contribution in [0.4, 0.5) is 5.82 Å². The molecule has 3 rings (SSSR count). The Hall–Kier alpha value is -1.69. The smallest absolute Gasteiger partial charge is 0.254 e. The van der Waals surface area contributed by atoms with E-state index in [-0.39, 0.29) is 5.54 Å². The van der Waals surface area contributed by atoms with Gasteiger partial charge in [-0.15, -0.1) is 0 Å². The molecule has 0 spiro atoms. The number of hydrogen-bond acceptors (Lipinski definition) is 5. The van der Waals surface area contributed by atoms with E-state index < -0.39 is 0 Å². The van der Waals surface area contributed by atoms with Crippen LogP contribution in [0, 0.1) is 6.92 Å². The summed E-state index contributed by atoms with van der Waals surface area (Å²) in [6.45, 7) is 5.69. The van der Waals surface area contributed by atoms with Crippen molar-refractivity contribution in [2.75, 3.05) is 18.0 Å². The molecule has 1 saturated heterocycles. The van der Waals surface area contributed by atoms with Crippen molar-refractivity contribution in [2.45, 2.75) is 19.4 Å². The first kappa shape index (κ1) is 9.53. The van der Waals surface area contributed by atoms with Gasteiger partial charge >= 0.3 is 0 Å². The minimum absolute atomic E-state index is 0.0932. The molecule has 6 heteroatoms. The van der Waals surface area contributed by atoms with Crippen molar-refractivity contribution in [3.63, 3.8) is 0 Å². The van der Waals surface area contributed by atoms with Crippen LogP contribution in [0.5, 0.6) is 0 Å². The number of nitrogens with two attached hydrogens (primary N) is 1. The van der Waals surface area contributed by atoms with Gasteiger partial charge in [0.15, 0.2) is 0 Å². The fraction of sp³-hybridized carbons (Fsp3) is 0.500. The van der Waals surface area contributed by atoms with Crippen molar-refractivity contribution < 1.29 is 0 Å². The average molecular weight is 218 g/mol. The van der Waals surface area contributed by atoms with Crippen LogP contribution in [0.3, 0.4) is 0 Å². The van der Waals surface area contributed by atoms with Crippen LogP contribution >= 0.6 is 0 Å². The van der Waals surface area contributed by atoms with Crippen molar-refractivity contribution in [1.82, 2.24) is 19.6 Å². The second-order valence-electron chi connectivity index (χ2n) is 4.74. The van der Waals surface area contributed by atoms with Crippen LogP contribution in [-0.4, -0.2) is 38.2 Å². The van der Waals surface area contributed by atoms with Gasteiger partial charge in [0.05, 0.1) is 0 Å². The third kappa shape index (κ3) is 1.34. The summed E-state index contributed by atoms with van der Waals surface area (Å²) in [5.41, 5.74) is 6.86. The van der Waals surface area contributed by atoms with E-state index in [2.05, 4.69) is 26.9 Å². The van der Waals surface area contributed by atoms with E-state index in [1.54, 1.807) is 4.52 Å². The maximum atomic E-state index is 6.00. The third-order valence-electron chi connectivity index (χ3n) is 2.79. The summed E-state index contributed by atoms with van der Waals surface area (Å²) in [7, 11) is 0. The predicted octanol–water partition coefficient (Wildman–Crippen LogP) is -0.0299. The monoisotopic (exact) mass is 218 g/mol. The lowest BCUT2D eigenvalue weighted by Gasteiger charge is -2.46. The molecule has 0 amide bonds. The maximum absolute atomic E-state index is 6.00. The van der Waals surface area contributed by atoms with Gasteiger partial charge in [-0.1, -0.05) is 0 Å². The van der Waals surface area contributed by atoms with Crippen LogP contribution in [0.1, 0.15) is 12.6 Å². The molecule has 0 atom stereocenters. The molecule has 1 aliphatic heterocycles. The topological polar surface area (TPSA) is 72.3 Å². The Morgan fingerprint density at radius 3 is 2.88 bits per heavy atom. The fourth-order valence-corrected chi connectivity index (χ4v) is 2.12. The molecule has 0 radical (unpaired) electrons. The van der Waals surface area contributed by atoms with E-state index in [4.69, 9.17) is 5.73 Å². The molecule has 1 fully saturated rings. The number of aryl methyl sites for hydroxylation is 1. The highest BCUT2D eigenvalue weighted by atomic mass is 15.4. The summed E-state index contributed by atoms with van der Waals surface area (Å²) in [6, 6.07) is 2.01. The summed E-state index contributed by atoms with van der Waals surface area (Å²) in [5, 5.41) is 4.17. The van der Waals surface area contributed by atoms with Gasteiger partial charge in [-0.05, 0) is 13.8 Å². The van der Waals surface area contributed by atoms with Crippen molar-refractivity contribution in [3.05, 3.63) is 18.1 Å². The molecule has 0 aromatic carbocycles. The number of rotatable bonds is 1. The number of hydrogen-bond donors (Lipinski definition) is 1. The van der Waals surface area contributed by atoms with Gasteiger partial charge in [-0.25, -0.2) is 4.98 Å². The molecule has 6 nitrogen and oxygen atoms in total. The summed E-state index contributed by atoms with van der Waals surface area (Å²) < 4.78 is 1.75. The second-order valence-corrected chi connectivity index (χ2v) is 4.74. The summed E-state index contributed by atoms with van der Waals surface area (Å²) in [6.07, 6.45) is 1.52. The largest absolute Gasteiger partial charge is 0.353 e. The molecule has 2 aromatic rings. The SMILES string of the molecule is Cc1cc(N2CC(C)(N)C2)n2ncnc2n1. The lowest BCUT2D eigenvalue weighted by atomic mass is 9.94. The molecule has 0 aliphatic carbocycles. The Labute approximate surface area is 93.1 Å². The number of anilines is 1. The zero-order valence-electron chi connectivity index (χ0n) is 9.38. The van der Waals surface area contributed by atoms with Gasteiger partial charge in [0.25, 0.3) is 5.78 Å². The quantitative estimate of drug-likeness (QED) is 0.727. The molecular formula is C10H14N6. The van der Waals surface area contributed by atoms with Crippen molar-refractivity contribution >= 4 is 11.6 Å². The van der Waals surface area contributed by atoms with Gasteiger partial charge in [-0.2, -0.15) is 14.6 Å². The van der Waals surface area contributed by atoms with Crippen LogP contribution in [-0.2, 0) is 0 Å². The first-order valence-electron chi connectivity index (χ1n) is 5.26. The molecule has 1 aliphatic rings. The van der Waals surface area contributed by atoms with Gasteiger partial charge in [0.1, 0.15) is 12.1 Å². The average Bonchev–Trinajstić information content (AvgIpc) is 2.60. The minimum Gasteiger partial charge on any atom is -0.353 e. The first-order valence-corrected chi connectivity index (χ1v) is 5.26. The molecule has 0 saturated carbocycles. The number of aromatic nitrogens is 4. The molecule has 2 N–H and O–H groups in total. The van der Waals surface area contributed by atoms with Crippen LogP contribution in [0.25, 0.3) is 5.78 Å². The Morgan fingerprint density at radius 2 is 2.19 bits per heavy atom. The summed E-state index contributed by atoms with van der Waals surface area (Å²) in [4.78, 5) is 10.6. The van der Waals surface area contributed by atoms with Gasteiger partial charge in [0.2, 0.25) is 0 Å². The molecule has 0 unspecified atom stereocenters. The number of fused-ring (bicyclic) bond motifs is 1. The van der Waals surface area contributed by atoms with Crippen LogP contribution < -0.4 is 10.6 Å². The summed E-state index contributed by atoms with van der Waals surface area (Å²) in [5.74, 6) is 1.66. The number of nitrogens with zero attached hydrogens (tertiary/aromatic N) is 5. The second kappa shape index (κ2) is 2.91. The van der Waals surface area contributed by atoms with E-state index in [9.17, 15) is 0 Å². The lowest BCUT2D eigenvalue weighted by molar-refractivity contribution is 0.361. The van der Waals surface area contributed by atoms with Gasteiger partial charge in [0, 0.05) is 30.4 Å².